The summed E-state index contributed by atoms with van der Waals surface area (Å²) in [4.78, 5) is 0. The maximum Gasteiger partial charge on any atom is 0.281 e. The molecule has 7 heteroatoms. The standard InChI is InChI=1S/C12H26N2O4S/c1-3-4-7-13(2)19(16,17)14-8-5-12(6-9-14)18-11-10-15/h12,15H,3-11H2,1-2H3. The molecule has 1 saturated heterocycles. The van der Waals surface area contributed by atoms with E-state index >= 15 is 0 Å². The number of ether oxygens (including phenoxy) is 1. The third-order valence-corrected chi connectivity index (χ3v) is 5.38. The van der Waals surface area contributed by atoms with E-state index in [4.69, 9.17) is 9.84 Å². The Hall–Kier alpha value is -0.210. The van der Waals surface area contributed by atoms with Crippen LogP contribution in [-0.2, 0) is 14.9 Å². The zero-order valence-corrected chi connectivity index (χ0v) is 12.7. The van der Waals surface area contributed by atoms with Gasteiger partial charge in [0.1, 0.15) is 0 Å². The van der Waals surface area contributed by atoms with Crippen molar-refractivity contribution in [3.8, 4) is 0 Å². The molecule has 0 amide bonds. The lowest BCUT2D eigenvalue weighted by molar-refractivity contribution is 0.00264. The molecule has 0 atom stereocenters. The minimum atomic E-state index is -3.32. The fourth-order valence-corrected chi connectivity index (χ4v) is 3.57. The van der Waals surface area contributed by atoms with Crippen molar-refractivity contribution in [1.82, 2.24) is 8.61 Å². The van der Waals surface area contributed by atoms with Gasteiger partial charge in [0.2, 0.25) is 0 Å². The van der Waals surface area contributed by atoms with Gasteiger partial charge in [-0.25, -0.2) is 0 Å². The first-order valence-corrected chi connectivity index (χ1v) is 8.36. The van der Waals surface area contributed by atoms with Gasteiger partial charge in [0.15, 0.2) is 0 Å². The van der Waals surface area contributed by atoms with Gasteiger partial charge in [-0.05, 0) is 19.3 Å². The van der Waals surface area contributed by atoms with Gasteiger partial charge in [-0.15, -0.1) is 0 Å². The van der Waals surface area contributed by atoms with Gasteiger partial charge >= 0.3 is 0 Å². The summed E-state index contributed by atoms with van der Waals surface area (Å²) in [5.41, 5.74) is 0. The van der Waals surface area contributed by atoms with Crippen LogP contribution in [0.3, 0.4) is 0 Å². The highest BCUT2D eigenvalue weighted by atomic mass is 32.2. The molecule has 0 aromatic heterocycles. The largest absolute Gasteiger partial charge is 0.394 e. The molecule has 0 spiro atoms. The van der Waals surface area contributed by atoms with Crippen LogP contribution in [-0.4, -0.2) is 68.1 Å². The molecule has 0 aliphatic carbocycles. The lowest BCUT2D eigenvalue weighted by Crippen LogP contribution is -2.47. The van der Waals surface area contributed by atoms with Crippen molar-refractivity contribution in [2.45, 2.75) is 38.7 Å². The summed E-state index contributed by atoms with van der Waals surface area (Å²) in [6, 6.07) is 0. The van der Waals surface area contributed by atoms with E-state index in [0.717, 1.165) is 12.8 Å². The van der Waals surface area contributed by atoms with E-state index in [1.54, 1.807) is 7.05 Å². The third-order valence-electron chi connectivity index (χ3n) is 3.39. The molecule has 1 rings (SSSR count). The van der Waals surface area contributed by atoms with Crippen molar-refractivity contribution in [2.24, 2.45) is 0 Å². The molecule has 0 bridgehead atoms. The molecule has 0 radical (unpaired) electrons. The van der Waals surface area contributed by atoms with Crippen LogP contribution in [0.4, 0.5) is 0 Å². The Balaban J connectivity index is 2.44. The molecule has 1 fully saturated rings. The smallest absolute Gasteiger partial charge is 0.281 e. The van der Waals surface area contributed by atoms with Gasteiger partial charge in [-0.3, -0.25) is 0 Å². The quantitative estimate of drug-likeness (QED) is 0.705. The number of hydrogen-bond acceptors (Lipinski definition) is 4. The molecule has 6 nitrogen and oxygen atoms in total. The lowest BCUT2D eigenvalue weighted by Gasteiger charge is -2.33. The van der Waals surface area contributed by atoms with Crippen LogP contribution in [0.2, 0.25) is 0 Å². The Morgan fingerprint density at radius 3 is 2.53 bits per heavy atom. The van der Waals surface area contributed by atoms with Gasteiger partial charge in [-0.1, -0.05) is 13.3 Å². The third kappa shape index (κ3) is 5.00. The zero-order valence-electron chi connectivity index (χ0n) is 11.9. The van der Waals surface area contributed by atoms with E-state index in [2.05, 4.69) is 0 Å². The van der Waals surface area contributed by atoms with Gasteiger partial charge in [0.05, 0.1) is 19.3 Å². The molecule has 1 N–H and O–H groups in total. The maximum atomic E-state index is 12.3. The minimum Gasteiger partial charge on any atom is -0.394 e. The molecule has 0 aromatic carbocycles. The average molecular weight is 294 g/mol. The predicted octanol–water partition coefficient (Wildman–Crippen LogP) is 0.436. The van der Waals surface area contributed by atoms with Gasteiger partial charge in [0.25, 0.3) is 10.2 Å². The molecule has 19 heavy (non-hydrogen) atoms. The van der Waals surface area contributed by atoms with Crippen molar-refractivity contribution >= 4 is 10.2 Å². The average Bonchev–Trinajstić information content (AvgIpc) is 2.42. The number of piperidine rings is 1. The Kier molecular flexibility index (Phi) is 7.23. The molecule has 1 aliphatic heterocycles. The highest BCUT2D eigenvalue weighted by Crippen LogP contribution is 2.18. The first-order chi connectivity index (χ1) is 9.02. The number of rotatable bonds is 8. The Morgan fingerprint density at radius 1 is 1.37 bits per heavy atom. The summed E-state index contributed by atoms with van der Waals surface area (Å²) in [7, 11) is -1.68. The van der Waals surface area contributed by atoms with Crippen molar-refractivity contribution in [3.05, 3.63) is 0 Å². The summed E-state index contributed by atoms with van der Waals surface area (Å²) in [6.07, 6.45) is 3.32. The maximum absolute atomic E-state index is 12.3. The summed E-state index contributed by atoms with van der Waals surface area (Å²) in [5, 5.41) is 8.70. The molecule has 0 saturated carbocycles. The van der Waals surface area contributed by atoms with Gasteiger partial charge < -0.3 is 9.84 Å². The Labute approximate surface area is 116 Å². The summed E-state index contributed by atoms with van der Waals surface area (Å²) in [5.74, 6) is 0. The molecule has 0 unspecified atom stereocenters. The fraction of sp³-hybridized carbons (Fsp3) is 1.00. The molecule has 0 aromatic rings. The normalized spacial score (nSPS) is 19.2. The summed E-state index contributed by atoms with van der Waals surface area (Å²) >= 11 is 0. The predicted molar refractivity (Wildman–Crippen MR) is 74.1 cm³/mol. The van der Waals surface area contributed by atoms with Gasteiger partial charge in [-0.2, -0.15) is 17.0 Å². The molecular formula is C12H26N2O4S. The molecule has 114 valence electrons. The van der Waals surface area contributed by atoms with Crippen LogP contribution in [0.1, 0.15) is 32.6 Å². The molecule has 1 aliphatic rings. The second kappa shape index (κ2) is 8.16. The van der Waals surface area contributed by atoms with E-state index < -0.39 is 10.2 Å². The Morgan fingerprint density at radius 2 is 2.00 bits per heavy atom. The minimum absolute atomic E-state index is 0.0122. The summed E-state index contributed by atoms with van der Waals surface area (Å²) < 4.78 is 33.0. The van der Waals surface area contributed by atoms with E-state index in [1.807, 2.05) is 6.92 Å². The number of nitrogens with zero attached hydrogens (tertiary/aromatic N) is 2. The van der Waals surface area contributed by atoms with E-state index in [-0.39, 0.29) is 12.7 Å². The second-order valence-electron chi connectivity index (χ2n) is 4.88. The first-order valence-electron chi connectivity index (χ1n) is 6.96. The van der Waals surface area contributed by atoms with E-state index in [0.29, 0.717) is 39.1 Å². The summed E-state index contributed by atoms with van der Waals surface area (Å²) in [6.45, 7) is 3.94. The number of aliphatic hydroxyl groups is 1. The Bertz CT molecular complexity index is 340. The van der Waals surface area contributed by atoms with E-state index in [9.17, 15) is 8.42 Å². The van der Waals surface area contributed by atoms with Crippen LogP contribution in [0.5, 0.6) is 0 Å². The first kappa shape index (κ1) is 16.8. The van der Waals surface area contributed by atoms with Crippen LogP contribution < -0.4 is 0 Å². The van der Waals surface area contributed by atoms with Crippen molar-refractivity contribution in [2.75, 3.05) is 39.9 Å². The lowest BCUT2D eigenvalue weighted by atomic mass is 10.1. The second-order valence-corrected chi connectivity index (χ2v) is 6.91. The van der Waals surface area contributed by atoms with Crippen molar-refractivity contribution < 1.29 is 18.3 Å². The van der Waals surface area contributed by atoms with E-state index in [1.165, 1.54) is 8.61 Å². The van der Waals surface area contributed by atoms with Crippen LogP contribution in [0.15, 0.2) is 0 Å². The zero-order chi connectivity index (χ0) is 14.3. The topological polar surface area (TPSA) is 70.1 Å². The fourth-order valence-electron chi connectivity index (χ4n) is 2.14. The van der Waals surface area contributed by atoms with Crippen molar-refractivity contribution in [3.63, 3.8) is 0 Å². The van der Waals surface area contributed by atoms with Crippen LogP contribution in [0.25, 0.3) is 0 Å². The van der Waals surface area contributed by atoms with Crippen LogP contribution in [0, 0.1) is 0 Å². The SMILES string of the molecule is CCCCN(C)S(=O)(=O)N1CCC(OCCO)CC1. The highest BCUT2D eigenvalue weighted by molar-refractivity contribution is 7.86. The number of hydrogen-bond donors (Lipinski definition) is 1. The monoisotopic (exact) mass is 294 g/mol. The van der Waals surface area contributed by atoms with Crippen LogP contribution >= 0.6 is 0 Å². The number of aliphatic hydroxyl groups excluding tert-OH is 1. The van der Waals surface area contributed by atoms with Gasteiger partial charge in [0, 0.05) is 26.7 Å². The highest BCUT2D eigenvalue weighted by Gasteiger charge is 2.30. The molecule has 1 heterocycles. The number of unbranched alkanes of at least 4 members (excludes halogenated alkanes) is 1. The van der Waals surface area contributed by atoms with Crippen molar-refractivity contribution in [1.29, 1.82) is 0 Å². The molecular weight excluding hydrogens is 268 g/mol.